The second kappa shape index (κ2) is 4.58. The van der Waals surface area contributed by atoms with Crippen molar-refractivity contribution in [3.05, 3.63) is 34.9 Å². The SMILES string of the molecule is CCc1nnc(C)cc1C(N)c1cnnn1C. The number of nitrogens with two attached hydrogens (primary N) is 1. The number of nitrogens with zero attached hydrogens (tertiary/aromatic N) is 5. The highest BCUT2D eigenvalue weighted by Gasteiger charge is 2.17. The molecule has 6 nitrogen and oxygen atoms in total. The molecule has 0 aliphatic rings. The largest absolute Gasteiger partial charge is 0.319 e. The van der Waals surface area contributed by atoms with Crippen molar-refractivity contribution in [2.24, 2.45) is 12.8 Å². The molecule has 0 aliphatic carbocycles. The van der Waals surface area contributed by atoms with Crippen LogP contribution in [0, 0.1) is 6.92 Å². The maximum Gasteiger partial charge on any atom is 0.0797 e. The molecule has 0 aliphatic heterocycles. The highest BCUT2D eigenvalue weighted by Crippen LogP contribution is 2.21. The van der Waals surface area contributed by atoms with Gasteiger partial charge in [-0.1, -0.05) is 12.1 Å². The average molecular weight is 232 g/mol. The third-order valence-corrected chi connectivity index (χ3v) is 2.76. The van der Waals surface area contributed by atoms with Crippen LogP contribution >= 0.6 is 0 Å². The lowest BCUT2D eigenvalue weighted by Crippen LogP contribution is -2.19. The number of aryl methyl sites for hydroxylation is 3. The predicted molar refractivity (Wildman–Crippen MR) is 63.2 cm³/mol. The minimum Gasteiger partial charge on any atom is -0.319 e. The first-order valence-corrected chi connectivity index (χ1v) is 5.56. The van der Waals surface area contributed by atoms with Gasteiger partial charge in [0.1, 0.15) is 0 Å². The van der Waals surface area contributed by atoms with Gasteiger partial charge in [0.25, 0.3) is 0 Å². The monoisotopic (exact) mass is 232 g/mol. The molecule has 0 radical (unpaired) electrons. The van der Waals surface area contributed by atoms with Crippen molar-refractivity contribution in [2.75, 3.05) is 0 Å². The van der Waals surface area contributed by atoms with Crippen molar-refractivity contribution in [1.82, 2.24) is 25.2 Å². The van der Waals surface area contributed by atoms with E-state index in [-0.39, 0.29) is 6.04 Å². The Hall–Kier alpha value is -1.82. The van der Waals surface area contributed by atoms with Gasteiger partial charge in [-0.25, -0.2) is 0 Å². The molecule has 17 heavy (non-hydrogen) atoms. The Morgan fingerprint density at radius 1 is 1.41 bits per heavy atom. The second-order valence-electron chi connectivity index (χ2n) is 4.00. The molecule has 90 valence electrons. The number of aromatic nitrogens is 5. The zero-order valence-corrected chi connectivity index (χ0v) is 10.3. The summed E-state index contributed by atoms with van der Waals surface area (Å²) in [7, 11) is 1.83. The fraction of sp³-hybridized carbons (Fsp3) is 0.455. The van der Waals surface area contributed by atoms with E-state index < -0.39 is 0 Å². The summed E-state index contributed by atoms with van der Waals surface area (Å²) in [6.45, 7) is 3.95. The lowest BCUT2D eigenvalue weighted by Gasteiger charge is -2.14. The van der Waals surface area contributed by atoms with Crippen molar-refractivity contribution >= 4 is 0 Å². The summed E-state index contributed by atoms with van der Waals surface area (Å²) < 4.78 is 1.68. The van der Waals surface area contributed by atoms with Crippen LogP contribution in [-0.2, 0) is 13.5 Å². The van der Waals surface area contributed by atoms with Crippen LogP contribution < -0.4 is 5.73 Å². The van der Waals surface area contributed by atoms with Crippen LogP contribution in [0.3, 0.4) is 0 Å². The molecule has 6 heteroatoms. The van der Waals surface area contributed by atoms with Gasteiger partial charge in [-0.15, -0.1) is 5.10 Å². The quantitative estimate of drug-likeness (QED) is 0.834. The van der Waals surface area contributed by atoms with Gasteiger partial charge in [-0.3, -0.25) is 4.68 Å². The van der Waals surface area contributed by atoms with Crippen LogP contribution in [-0.4, -0.2) is 25.2 Å². The first-order valence-electron chi connectivity index (χ1n) is 5.56. The normalized spacial score (nSPS) is 12.7. The van der Waals surface area contributed by atoms with Crippen LogP contribution in [0.2, 0.25) is 0 Å². The van der Waals surface area contributed by atoms with E-state index in [2.05, 4.69) is 20.5 Å². The first kappa shape index (κ1) is 11.7. The maximum atomic E-state index is 6.24. The molecule has 2 N–H and O–H groups in total. The standard InChI is InChI=1S/C11H16N6/c1-4-9-8(5-7(2)14-15-9)11(12)10-6-13-16-17(10)3/h5-6,11H,4,12H2,1-3H3. The fourth-order valence-corrected chi connectivity index (χ4v) is 1.82. The second-order valence-corrected chi connectivity index (χ2v) is 4.00. The lowest BCUT2D eigenvalue weighted by molar-refractivity contribution is 0.644. The molecule has 0 bridgehead atoms. The highest BCUT2D eigenvalue weighted by molar-refractivity contribution is 5.30. The van der Waals surface area contributed by atoms with E-state index >= 15 is 0 Å². The summed E-state index contributed by atoms with van der Waals surface area (Å²) in [5.41, 5.74) is 9.88. The summed E-state index contributed by atoms with van der Waals surface area (Å²) in [6, 6.07) is 1.71. The third kappa shape index (κ3) is 2.16. The summed E-state index contributed by atoms with van der Waals surface area (Å²) >= 11 is 0. The molecule has 2 heterocycles. The van der Waals surface area contributed by atoms with Crippen LogP contribution in [0.25, 0.3) is 0 Å². The molecule has 2 aromatic heterocycles. The van der Waals surface area contributed by atoms with E-state index in [9.17, 15) is 0 Å². The predicted octanol–water partition coefficient (Wildman–Crippen LogP) is 0.524. The Morgan fingerprint density at radius 3 is 2.76 bits per heavy atom. The van der Waals surface area contributed by atoms with Crippen LogP contribution in [0.1, 0.15) is 35.6 Å². The van der Waals surface area contributed by atoms with Gasteiger partial charge in [0.05, 0.1) is 29.3 Å². The Bertz CT molecular complexity index is 518. The van der Waals surface area contributed by atoms with Gasteiger partial charge >= 0.3 is 0 Å². The van der Waals surface area contributed by atoms with Crippen molar-refractivity contribution in [3.8, 4) is 0 Å². The fourth-order valence-electron chi connectivity index (χ4n) is 1.82. The summed E-state index contributed by atoms with van der Waals surface area (Å²) in [5.74, 6) is 0. The molecule has 2 aromatic rings. The zero-order chi connectivity index (χ0) is 12.4. The minimum atomic E-state index is -0.265. The molecular formula is C11H16N6. The minimum absolute atomic E-state index is 0.265. The van der Waals surface area contributed by atoms with Crippen molar-refractivity contribution in [1.29, 1.82) is 0 Å². The lowest BCUT2D eigenvalue weighted by atomic mass is 10.0. The molecule has 0 fully saturated rings. The Kier molecular flexibility index (Phi) is 3.14. The number of hydrogen-bond donors (Lipinski definition) is 1. The van der Waals surface area contributed by atoms with Crippen LogP contribution in [0.15, 0.2) is 12.3 Å². The summed E-state index contributed by atoms with van der Waals surface area (Å²) in [4.78, 5) is 0. The van der Waals surface area contributed by atoms with Gasteiger partial charge in [-0.05, 0) is 19.4 Å². The average Bonchev–Trinajstić information content (AvgIpc) is 2.74. The molecule has 0 amide bonds. The van der Waals surface area contributed by atoms with Crippen LogP contribution in [0.5, 0.6) is 0 Å². The van der Waals surface area contributed by atoms with E-state index in [0.717, 1.165) is 29.1 Å². The molecule has 1 unspecified atom stereocenters. The van der Waals surface area contributed by atoms with E-state index in [4.69, 9.17) is 5.73 Å². The Labute approximate surface area is 99.9 Å². The molecule has 2 rings (SSSR count). The van der Waals surface area contributed by atoms with Crippen LogP contribution in [0.4, 0.5) is 0 Å². The summed E-state index contributed by atoms with van der Waals surface area (Å²) in [6.07, 6.45) is 2.49. The molecule has 0 saturated carbocycles. The smallest absolute Gasteiger partial charge is 0.0797 e. The molecule has 0 spiro atoms. The van der Waals surface area contributed by atoms with Crippen molar-refractivity contribution < 1.29 is 0 Å². The Balaban J connectivity index is 2.46. The van der Waals surface area contributed by atoms with Crippen molar-refractivity contribution in [2.45, 2.75) is 26.3 Å². The van der Waals surface area contributed by atoms with Gasteiger partial charge < -0.3 is 5.73 Å². The molecule has 0 saturated heterocycles. The van der Waals surface area contributed by atoms with Gasteiger partial charge in [-0.2, -0.15) is 10.2 Å². The van der Waals surface area contributed by atoms with E-state index in [1.54, 1.807) is 10.9 Å². The number of rotatable bonds is 3. The summed E-state index contributed by atoms with van der Waals surface area (Å²) in [5, 5.41) is 16.0. The molecule has 1 atom stereocenters. The highest BCUT2D eigenvalue weighted by atomic mass is 15.4. The van der Waals surface area contributed by atoms with E-state index in [1.165, 1.54) is 0 Å². The zero-order valence-electron chi connectivity index (χ0n) is 10.3. The number of hydrogen-bond acceptors (Lipinski definition) is 5. The van der Waals surface area contributed by atoms with Gasteiger partial charge in [0.15, 0.2) is 0 Å². The Morgan fingerprint density at radius 2 is 2.18 bits per heavy atom. The molecule has 0 aromatic carbocycles. The van der Waals surface area contributed by atoms with Gasteiger partial charge in [0.2, 0.25) is 0 Å². The topological polar surface area (TPSA) is 82.5 Å². The van der Waals surface area contributed by atoms with Crippen molar-refractivity contribution in [3.63, 3.8) is 0 Å². The van der Waals surface area contributed by atoms with E-state index in [0.29, 0.717) is 0 Å². The van der Waals surface area contributed by atoms with Gasteiger partial charge in [0, 0.05) is 12.6 Å². The first-order chi connectivity index (χ1) is 8.13. The maximum absolute atomic E-state index is 6.24. The molecular weight excluding hydrogens is 216 g/mol. The third-order valence-electron chi connectivity index (χ3n) is 2.76. The van der Waals surface area contributed by atoms with E-state index in [1.807, 2.05) is 27.0 Å².